The second kappa shape index (κ2) is 11.7. The second-order valence-electron chi connectivity index (χ2n) is 8.63. The summed E-state index contributed by atoms with van der Waals surface area (Å²) in [5, 5.41) is 3.76. The summed E-state index contributed by atoms with van der Waals surface area (Å²) in [5.41, 5.74) is 0. The van der Waals surface area contributed by atoms with E-state index in [9.17, 15) is 9.59 Å². The summed E-state index contributed by atoms with van der Waals surface area (Å²) in [7, 11) is 0. The SMILES string of the molecule is CC(C)CCNC(=O)CSc1nc(Cl)cc(N2CCN(C(=O)CC(C)C)C(C)C2)n1. The molecular weight excluding hydrogens is 422 g/mol. The number of anilines is 1. The molecule has 9 heteroatoms. The Balaban J connectivity index is 1.93. The van der Waals surface area contributed by atoms with Crippen molar-refractivity contribution < 1.29 is 9.59 Å². The maximum Gasteiger partial charge on any atom is 0.230 e. The van der Waals surface area contributed by atoms with Gasteiger partial charge in [0.2, 0.25) is 11.8 Å². The number of nitrogens with zero attached hydrogens (tertiary/aromatic N) is 4. The van der Waals surface area contributed by atoms with Crippen LogP contribution >= 0.6 is 23.4 Å². The number of hydrogen-bond donors (Lipinski definition) is 1. The first-order chi connectivity index (χ1) is 14.2. The maximum absolute atomic E-state index is 12.5. The van der Waals surface area contributed by atoms with E-state index in [2.05, 4.69) is 54.8 Å². The van der Waals surface area contributed by atoms with Gasteiger partial charge >= 0.3 is 0 Å². The van der Waals surface area contributed by atoms with Crippen molar-refractivity contribution >= 4 is 41.0 Å². The minimum Gasteiger partial charge on any atom is -0.355 e. The molecule has 2 amide bonds. The molecule has 0 aliphatic carbocycles. The molecule has 2 rings (SSSR count). The van der Waals surface area contributed by atoms with Gasteiger partial charge in [0.25, 0.3) is 0 Å². The Morgan fingerprint density at radius 2 is 1.97 bits per heavy atom. The number of thioether (sulfide) groups is 1. The Labute approximate surface area is 189 Å². The van der Waals surface area contributed by atoms with Crippen LogP contribution in [0, 0.1) is 11.8 Å². The molecule has 1 aliphatic heterocycles. The molecule has 168 valence electrons. The standard InChI is InChI=1S/C21H34ClN5O2S/c1-14(2)6-7-23-19(28)13-30-21-24-17(22)11-18(25-21)26-8-9-27(16(5)12-26)20(29)10-15(3)4/h11,14-16H,6-10,12-13H2,1-5H3,(H,23,28). The molecule has 1 aromatic rings. The molecule has 0 spiro atoms. The van der Waals surface area contributed by atoms with Crippen molar-refractivity contribution in [3.05, 3.63) is 11.2 Å². The summed E-state index contributed by atoms with van der Waals surface area (Å²) in [6, 6.07) is 1.84. The van der Waals surface area contributed by atoms with Crippen molar-refractivity contribution in [2.45, 2.75) is 58.7 Å². The lowest BCUT2D eigenvalue weighted by atomic mass is 10.1. The first-order valence-electron chi connectivity index (χ1n) is 10.6. The lowest BCUT2D eigenvalue weighted by molar-refractivity contribution is -0.134. The lowest BCUT2D eigenvalue weighted by Gasteiger charge is -2.40. The summed E-state index contributed by atoms with van der Waals surface area (Å²) in [5.74, 6) is 2.08. The third-order valence-corrected chi connectivity index (χ3v) is 5.93. The van der Waals surface area contributed by atoms with Crippen LogP contribution in [0.2, 0.25) is 5.15 Å². The van der Waals surface area contributed by atoms with Crippen molar-refractivity contribution in [2.24, 2.45) is 11.8 Å². The number of carbonyl (C=O) groups is 2. The van der Waals surface area contributed by atoms with Gasteiger partial charge in [-0.25, -0.2) is 9.97 Å². The quantitative estimate of drug-likeness (QED) is 0.349. The van der Waals surface area contributed by atoms with E-state index in [0.29, 0.717) is 54.7 Å². The minimum atomic E-state index is -0.0309. The Morgan fingerprint density at radius 3 is 2.60 bits per heavy atom. The van der Waals surface area contributed by atoms with Crippen LogP contribution in [-0.2, 0) is 9.59 Å². The summed E-state index contributed by atoms with van der Waals surface area (Å²) in [6.45, 7) is 13.2. The summed E-state index contributed by atoms with van der Waals surface area (Å²) >= 11 is 7.50. The molecule has 1 atom stereocenters. The highest BCUT2D eigenvalue weighted by Crippen LogP contribution is 2.24. The zero-order valence-electron chi connectivity index (χ0n) is 18.7. The normalized spacial score (nSPS) is 17.0. The number of amides is 2. The molecular formula is C21H34ClN5O2S. The van der Waals surface area contributed by atoms with Crippen LogP contribution in [-0.4, -0.2) is 64.7 Å². The molecule has 0 radical (unpaired) electrons. The van der Waals surface area contributed by atoms with E-state index in [1.165, 1.54) is 11.8 Å². The first kappa shape index (κ1) is 24.7. The molecule has 2 heterocycles. The van der Waals surface area contributed by atoms with Gasteiger partial charge in [0.05, 0.1) is 5.75 Å². The number of aromatic nitrogens is 2. The van der Waals surface area contributed by atoms with Crippen LogP contribution in [0.1, 0.15) is 47.5 Å². The lowest BCUT2D eigenvalue weighted by Crippen LogP contribution is -2.54. The molecule has 1 N–H and O–H groups in total. The smallest absolute Gasteiger partial charge is 0.230 e. The van der Waals surface area contributed by atoms with Crippen LogP contribution in [0.4, 0.5) is 5.82 Å². The Bertz CT molecular complexity index is 731. The monoisotopic (exact) mass is 455 g/mol. The second-order valence-corrected chi connectivity index (χ2v) is 9.96. The van der Waals surface area contributed by atoms with Gasteiger partial charge in [-0.05, 0) is 25.2 Å². The van der Waals surface area contributed by atoms with E-state index in [0.717, 1.165) is 12.2 Å². The van der Waals surface area contributed by atoms with E-state index in [-0.39, 0.29) is 23.6 Å². The first-order valence-corrected chi connectivity index (χ1v) is 12.0. The van der Waals surface area contributed by atoms with Crippen LogP contribution in [0.5, 0.6) is 0 Å². The number of piperazine rings is 1. The summed E-state index contributed by atoms with van der Waals surface area (Å²) in [4.78, 5) is 37.4. The van der Waals surface area contributed by atoms with Crippen molar-refractivity contribution in [3.63, 3.8) is 0 Å². The van der Waals surface area contributed by atoms with E-state index >= 15 is 0 Å². The van der Waals surface area contributed by atoms with Gasteiger partial charge in [-0.15, -0.1) is 0 Å². The predicted octanol–water partition coefficient (Wildman–Crippen LogP) is 3.47. The van der Waals surface area contributed by atoms with Gasteiger partial charge < -0.3 is 15.1 Å². The number of hydrogen-bond acceptors (Lipinski definition) is 6. The van der Waals surface area contributed by atoms with Crippen LogP contribution in [0.15, 0.2) is 11.2 Å². The molecule has 30 heavy (non-hydrogen) atoms. The fourth-order valence-corrected chi connectivity index (χ4v) is 4.21. The largest absolute Gasteiger partial charge is 0.355 e. The number of rotatable bonds is 9. The topological polar surface area (TPSA) is 78.4 Å². The van der Waals surface area contributed by atoms with Crippen molar-refractivity contribution in [2.75, 3.05) is 36.8 Å². The molecule has 1 unspecified atom stereocenters. The fourth-order valence-electron chi connectivity index (χ4n) is 3.30. The van der Waals surface area contributed by atoms with Gasteiger partial charge in [-0.1, -0.05) is 51.1 Å². The molecule has 1 aromatic heterocycles. The molecule has 0 saturated carbocycles. The summed E-state index contributed by atoms with van der Waals surface area (Å²) in [6.07, 6.45) is 1.53. The van der Waals surface area contributed by atoms with Crippen LogP contribution in [0.25, 0.3) is 0 Å². The number of nitrogens with one attached hydrogen (secondary N) is 1. The fraction of sp³-hybridized carbons (Fsp3) is 0.714. The van der Waals surface area contributed by atoms with E-state index in [4.69, 9.17) is 11.6 Å². The minimum absolute atomic E-state index is 0.0309. The molecule has 0 bridgehead atoms. The van der Waals surface area contributed by atoms with Crippen molar-refractivity contribution in [3.8, 4) is 0 Å². The van der Waals surface area contributed by atoms with Gasteiger partial charge in [0.1, 0.15) is 11.0 Å². The van der Waals surface area contributed by atoms with Crippen molar-refractivity contribution in [1.29, 1.82) is 0 Å². The van der Waals surface area contributed by atoms with Crippen molar-refractivity contribution in [1.82, 2.24) is 20.2 Å². The average Bonchev–Trinajstić information content (AvgIpc) is 2.65. The van der Waals surface area contributed by atoms with E-state index in [1.807, 2.05) is 4.90 Å². The molecule has 0 aromatic carbocycles. The molecule has 1 fully saturated rings. The van der Waals surface area contributed by atoms with Gasteiger partial charge in [0.15, 0.2) is 5.16 Å². The Kier molecular flexibility index (Phi) is 9.68. The predicted molar refractivity (Wildman–Crippen MR) is 123 cm³/mol. The summed E-state index contributed by atoms with van der Waals surface area (Å²) < 4.78 is 0. The van der Waals surface area contributed by atoms with Gasteiger partial charge in [-0.2, -0.15) is 0 Å². The highest BCUT2D eigenvalue weighted by Gasteiger charge is 2.28. The van der Waals surface area contributed by atoms with Crippen LogP contribution < -0.4 is 10.2 Å². The number of carbonyl (C=O) groups excluding carboxylic acids is 2. The molecule has 1 aliphatic rings. The van der Waals surface area contributed by atoms with Gasteiger partial charge in [-0.3, -0.25) is 9.59 Å². The molecule has 1 saturated heterocycles. The zero-order chi connectivity index (χ0) is 22.3. The Morgan fingerprint density at radius 1 is 1.23 bits per heavy atom. The zero-order valence-corrected chi connectivity index (χ0v) is 20.2. The van der Waals surface area contributed by atoms with Gasteiger partial charge in [0, 0.05) is 44.7 Å². The average molecular weight is 456 g/mol. The van der Waals surface area contributed by atoms with E-state index < -0.39 is 0 Å². The highest BCUT2D eigenvalue weighted by atomic mass is 35.5. The van der Waals surface area contributed by atoms with Crippen LogP contribution in [0.3, 0.4) is 0 Å². The third kappa shape index (κ3) is 7.95. The van der Waals surface area contributed by atoms with E-state index in [1.54, 1.807) is 6.07 Å². The molecule has 7 nitrogen and oxygen atoms in total. The third-order valence-electron chi connectivity index (χ3n) is 4.89. The highest BCUT2D eigenvalue weighted by molar-refractivity contribution is 7.99. The maximum atomic E-state index is 12.5. The Hall–Kier alpha value is -1.54. The number of halogens is 1.